The number of hydrogen-bond donors (Lipinski definition) is 0. The lowest BCUT2D eigenvalue weighted by molar-refractivity contribution is -0.137. The smallest absolute Gasteiger partial charge is 0.253 e. The molecule has 0 aromatic carbocycles. The third-order valence-corrected chi connectivity index (χ3v) is 2.39. The van der Waals surface area contributed by atoms with Crippen molar-refractivity contribution in [2.75, 3.05) is 13.7 Å². The molecule has 1 aliphatic rings. The molecule has 78 valence electrons. The molecule has 0 saturated carbocycles. The lowest BCUT2D eigenvalue weighted by Crippen LogP contribution is -2.35. The van der Waals surface area contributed by atoms with Gasteiger partial charge in [0.25, 0.3) is 11.8 Å². The molecular weight excluding hydrogens is 182 g/mol. The van der Waals surface area contributed by atoms with E-state index >= 15 is 0 Å². The third-order valence-electron chi connectivity index (χ3n) is 2.39. The summed E-state index contributed by atoms with van der Waals surface area (Å²) in [5.41, 5.74) is -0.302. The highest BCUT2D eigenvalue weighted by atomic mass is 16.5. The molecule has 0 fully saturated rings. The summed E-state index contributed by atoms with van der Waals surface area (Å²) in [5, 5.41) is 0. The van der Waals surface area contributed by atoms with Crippen LogP contribution in [0.3, 0.4) is 0 Å². The summed E-state index contributed by atoms with van der Waals surface area (Å²) in [6.07, 6.45) is 3.23. The molecule has 2 amide bonds. The van der Waals surface area contributed by atoms with Gasteiger partial charge < -0.3 is 4.74 Å². The first-order valence-corrected chi connectivity index (χ1v) is 4.55. The zero-order valence-electron chi connectivity index (χ0n) is 8.74. The molecule has 0 unspecified atom stereocenters. The van der Waals surface area contributed by atoms with Crippen LogP contribution in [-0.2, 0) is 14.3 Å². The zero-order chi connectivity index (χ0) is 10.8. The van der Waals surface area contributed by atoms with Crippen molar-refractivity contribution in [2.45, 2.75) is 25.9 Å². The van der Waals surface area contributed by atoms with Gasteiger partial charge in [0, 0.05) is 25.8 Å². The molecule has 1 rings (SSSR count). The molecule has 0 N–H and O–H groups in total. The van der Waals surface area contributed by atoms with Crippen molar-refractivity contribution in [3.05, 3.63) is 12.2 Å². The Kier molecular flexibility index (Phi) is 3.06. The van der Waals surface area contributed by atoms with Gasteiger partial charge in [-0.05, 0) is 20.3 Å². The van der Waals surface area contributed by atoms with E-state index in [1.54, 1.807) is 7.11 Å². The molecule has 0 aliphatic carbocycles. The second kappa shape index (κ2) is 3.92. The number of rotatable bonds is 4. The number of nitrogens with zero attached hydrogens (tertiary/aromatic N) is 1. The van der Waals surface area contributed by atoms with Crippen LogP contribution in [0.2, 0.25) is 0 Å². The zero-order valence-corrected chi connectivity index (χ0v) is 8.74. The Morgan fingerprint density at radius 3 is 2.21 bits per heavy atom. The van der Waals surface area contributed by atoms with Gasteiger partial charge in [-0.25, -0.2) is 0 Å². The number of carbonyl (C=O) groups is 2. The number of ether oxygens (including phenoxy) is 1. The summed E-state index contributed by atoms with van der Waals surface area (Å²) < 4.78 is 5.20. The predicted molar refractivity (Wildman–Crippen MR) is 51.6 cm³/mol. The highest BCUT2D eigenvalue weighted by molar-refractivity contribution is 6.12. The first-order valence-electron chi connectivity index (χ1n) is 4.55. The van der Waals surface area contributed by atoms with E-state index in [1.165, 1.54) is 17.1 Å². The van der Waals surface area contributed by atoms with Crippen LogP contribution in [0.5, 0.6) is 0 Å². The largest absolute Gasteiger partial charge is 0.379 e. The molecule has 0 bridgehead atoms. The van der Waals surface area contributed by atoms with Gasteiger partial charge in [0.15, 0.2) is 0 Å². The van der Waals surface area contributed by atoms with E-state index in [2.05, 4.69) is 0 Å². The number of methoxy groups -OCH3 is 1. The lowest BCUT2D eigenvalue weighted by Gasteiger charge is -2.25. The van der Waals surface area contributed by atoms with E-state index in [-0.39, 0.29) is 17.4 Å². The summed E-state index contributed by atoms with van der Waals surface area (Å²) in [6.45, 7) is 4.25. The van der Waals surface area contributed by atoms with Gasteiger partial charge in [-0.1, -0.05) is 0 Å². The van der Waals surface area contributed by atoms with Gasteiger partial charge in [0.1, 0.15) is 0 Å². The minimum absolute atomic E-state index is 0.234. The van der Waals surface area contributed by atoms with Crippen LogP contribution < -0.4 is 0 Å². The molecule has 0 aromatic heterocycles. The number of carbonyl (C=O) groups excluding carboxylic acids is 2. The van der Waals surface area contributed by atoms with E-state index < -0.39 is 0 Å². The predicted octanol–water partition coefficient (Wildman–Crippen LogP) is 0.726. The Balaban J connectivity index is 2.47. The molecule has 14 heavy (non-hydrogen) atoms. The van der Waals surface area contributed by atoms with E-state index in [4.69, 9.17) is 4.74 Å². The van der Waals surface area contributed by atoms with Crippen molar-refractivity contribution in [2.24, 2.45) is 0 Å². The van der Waals surface area contributed by atoms with Crippen molar-refractivity contribution >= 4 is 11.8 Å². The topological polar surface area (TPSA) is 46.6 Å². The average molecular weight is 197 g/mol. The fraction of sp³-hybridized carbons (Fsp3) is 0.600. The molecule has 0 spiro atoms. The highest BCUT2D eigenvalue weighted by Gasteiger charge is 2.26. The molecule has 4 heteroatoms. The Hall–Kier alpha value is -1.16. The molecule has 0 aromatic rings. The van der Waals surface area contributed by atoms with E-state index in [9.17, 15) is 9.59 Å². The van der Waals surface area contributed by atoms with Crippen LogP contribution in [0.25, 0.3) is 0 Å². The fourth-order valence-corrected chi connectivity index (χ4v) is 1.13. The van der Waals surface area contributed by atoms with Gasteiger partial charge in [-0.15, -0.1) is 0 Å². The SMILES string of the molecule is COC(C)(C)CCN1C(=O)C=CC1=O. The Bertz CT molecular complexity index is 263. The van der Waals surface area contributed by atoms with Gasteiger partial charge in [0.05, 0.1) is 5.60 Å². The van der Waals surface area contributed by atoms with Gasteiger partial charge in [-0.3, -0.25) is 14.5 Å². The standard InChI is InChI=1S/C10H15NO3/c1-10(2,14-3)6-7-11-8(12)4-5-9(11)13/h4-5H,6-7H2,1-3H3. The van der Waals surface area contributed by atoms with E-state index in [0.717, 1.165) is 0 Å². The van der Waals surface area contributed by atoms with Crippen LogP contribution >= 0.6 is 0 Å². The maximum absolute atomic E-state index is 11.2. The first kappa shape index (κ1) is 10.9. The van der Waals surface area contributed by atoms with Crippen LogP contribution in [-0.4, -0.2) is 36.0 Å². The van der Waals surface area contributed by atoms with Gasteiger partial charge in [-0.2, -0.15) is 0 Å². The Morgan fingerprint density at radius 1 is 1.29 bits per heavy atom. The van der Waals surface area contributed by atoms with E-state index in [1.807, 2.05) is 13.8 Å². The van der Waals surface area contributed by atoms with Crippen LogP contribution in [0, 0.1) is 0 Å². The Labute approximate surface area is 83.5 Å². The summed E-state index contributed by atoms with van der Waals surface area (Å²) in [6, 6.07) is 0. The quantitative estimate of drug-likeness (QED) is 0.624. The van der Waals surface area contributed by atoms with E-state index in [0.29, 0.717) is 13.0 Å². The molecule has 1 aliphatic heterocycles. The molecule has 0 saturated heterocycles. The summed E-state index contributed by atoms with van der Waals surface area (Å²) in [4.78, 5) is 23.6. The van der Waals surface area contributed by atoms with Crippen molar-refractivity contribution in [1.82, 2.24) is 4.90 Å². The minimum Gasteiger partial charge on any atom is -0.379 e. The summed E-state index contributed by atoms with van der Waals surface area (Å²) >= 11 is 0. The number of hydrogen-bond acceptors (Lipinski definition) is 3. The Morgan fingerprint density at radius 2 is 1.79 bits per heavy atom. The molecule has 0 atom stereocenters. The maximum Gasteiger partial charge on any atom is 0.253 e. The maximum atomic E-state index is 11.2. The fourth-order valence-electron chi connectivity index (χ4n) is 1.13. The number of amides is 2. The van der Waals surface area contributed by atoms with Crippen LogP contribution in [0.4, 0.5) is 0 Å². The van der Waals surface area contributed by atoms with Crippen LogP contribution in [0.15, 0.2) is 12.2 Å². The molecule has 1 heterocycles. The first-order chi connectivity index (χ1) is 6.46. The van der Waals surface area contributed by atoms with Crippen molar-refractivity contribution in [3.63, 3.8) is 0 Å². The molecular formula is C10H15NO3. The number of imide groups is 1. The molecule has 4 nitrogen and oxygen atoms in total. The highest BCUT2D eigenvalue weighted by Crippen LogP contribution is 2.15. The normalized spacial score (nSPS) is 16.9. The van der Waals surface area contributed by atoms with Crippen LogP contribution in [0.1, 0.15) is 20.3 Å². The molecule has 0 radical (unpaired) electrons. The second-order valence-corrected chi connectivity index (χ2v) is 3.88. The van der Waals surface area contributed by atoms with Crippen molar-refractivity contribution in [1.29, 1.82) is 0 Å². The van der Waals surface area contributed by atoms with Gasteiger partial charge in [0.2, 0.25) is 0 Å². The van der Waals surface area contributed by atoms with Crippen molar-refractivity contribution in [3.8, 4) is 0 Å². The summed E-state index contributed by atoms with van der Waals surface area (Å²) in [7, 11) is 1.62. The van der Waals surface area contributed by atoms with Crippen molar-refractivity contribution < 1.29 is 14.3 Å². The third kappa shape index (κ3) is 2.42. The lowest BCUT2D eigenvalue weighted by atomic mass is 10.1. The monoisotopic (exact) mass is 197 g/mol. The van der Waals surface area contributed by atoms with Gasteiger partial charge >= 0.3 is 0 Å². The second-order valence-electron chi connectivity index (χ2n) is 3.88. The minimum atomic E-state index is -0.302. The summed E-state index contributed by atoms with van der Waals surface area (Å²) in [5.74, 6) is -0.469. The average Bonchev–Trinajstić information content (AvgIpc) is 2.44.